The van der Waals surface area contributed by atoms with Crippen molar-refractivity contribution in [2.24, 2.45) is 11.8 Å². The molecule has 1 unspecified atom stereocenters. The van der Waals surface area contributed by atoms with E-state index in [1.807, 2.05) is 24.3 Å². The van der Waals surface area contributed by atoms with Crippen molar-refractivity contribution in [3.63, 3.8) is 0 Å². The number of unbranched alkanes of at least 4 members (excludes halogenated alkanes) is 2. The number of hydrogen-bond donors (Lipinski definition) is 1. The monoisotopic (exact) mass is 432 g/mol. The van der Waals surface area contributed by atoms with Crippen LogP contribution in [0.4, 0.5) is 0 Å². The Morgan fingerprint density at radius 1 is 1.13 bits per heavy atom. The van der Waals surface area contributed by atoms with E-state index in [1.165, 1.54) is 0 Å². The molecule has 0 saturated carbocycles. The number of fused-ring (bicyclic) bond motifs is 2. The van der Waals surface area contributed by atoms with Crippen LogP contribution in [-0.2, 0) is 23.9 Å². The highest BCUT2D eigenvalue weighted by Gasteiger charge is 2.71. The number of aliphatic hydroxyl groups is 1. The van der Waals surface area contributed by atoms with Crippen LogP contribution in [0.25, 0.3) is 0 Å². The summed E-state index contributed by atoms with van der Waals surface area (Å²) in [5.41, 5.74) is -1.18. The highest BCUT2D eigenvalue weighted by Crippen LogP contribution is 2.53. The van der Waals surface area contributed by atoms with E-state index in [4.69, 9.17) is 9.47 Å². The molecule has 0 aromatic heterocycles. The van der Waals surface area contributed by atoms with Gasteiger partial charge in [-0.3, -0.25) is 14.4 Å². The fraction of sp³-hybridized carbons (Fsp3) is 0.696. The zero-order valence-corrected chi connectivity index (χ0v) is 18.1. The number of hydrogen-bond acceptors (Lipinski definition) is 6. The van der Waals surface area contributed by atoms with Crippen molar-refractivity contribution in [3.8, 4) is 0 Å². The first-order valence-corrected chi connectivity index (χ1v) is 11.4. The number of rotatable bonds is 7. The Bertz CT molecular complexity index is 780. The van der Waals surface area contributed by atoms with Crippen LogP contribution in [0.1, 0.15) is 39.0 Å². The SMILES string of the molecule is CCCCN1CC=C[C@]23O[C@@H]4C=CCCOC(=O)[C@@H]4[C@H]2C(=O)N(CCCCO)C3C1=O. The van der Waals surface area contributed by atoms with Crippen molar-refractivity contribution in [1.29, 1.82) is 0 Å². The summed E-state index contributed by atoms with van der Waals surface area (Å²) in [5, 5.41) is 9.20. The van der Waals surface area contributed by atoms with E-state index < -0.39 is 35.6 Å². The Hall–Kier alpha value is -2.19. The first-order chi connectivity index (χ1) is 15.0. The topological polar surface area (TPSA) is 96.4 Å². The predicted molar refractivity (Wildman–Crippen MR) is 112 cm³/mol. The third kappa shape index (κ3) is 3.69. The van der Waals surface area contributed by atoms with Crippen LogP contribution in [0, 0.1) is 11.8 Å². The number of aliphatic hydroxyl groups excluding tert-OH is 1. The standard InChI is InChI=1S/C23H32N2O6/c1-2-3-11-24-12-8-10-23-18(17-16(31-23)9-4-7-15-30-22(17)29)20(27)25(13-5-6-14-26)19(23)21(24)28/h4,8-10,16-19,26H,2-3,5-7,11-15H2,1H3/t16-,17+,18+,19?,23+/m1/s1. The average Bonchev–Trinajstić information content (AvgIpc) is 3.12. The smallest absolute Gasteiger partial charge is 0.312 e. The number of likely N-dealkylation sites (tertiary alicyclic amines) is 1. The van der Waals surface area contributed by atoms with Gasteiger partial charge in [-0.15, -0.1) is 0 Å². The van der Waals surface area contributed by atoms with Gasteiger partial charge in [0.1, 0.15) is 17.6 Å². The zero-order valence-electron chi connectivity index (χ0n) is 18.1. The Morgan fingerprint density at radius 3 is 2.74 bits per heavy atom. The molecule has 2 fully saturated rings. The summed E-state index contributed by atoms with van der Waals surface area (Å²) in [6.45, 7) is 3.79. The van der Waals surface area contributed by atoms with Gasteiger partial charge in [0.05, 0.1) is 18.6 Å². The maximum Gasteiger partial charge on any atom is 0.312 e. The van der Waals surface area contributed by atoms with Gasteiger partial charge in [-0.05, 0) is 25.7 Å². The van der Waals surface area contributed by atoms with Crippen molar-refractivity contribution in [1.82, 2.24) is 9.80 Å². The molecule has 2 amide bonds. The number of cyclic esters (lactones) is 1. The lowest BCUT2D eigenvalue weighted by Crippen LogP contribution is -2.55. The van der Waals surface area contributed by atoms with Gasteiger partial charge in [-0.2, -0.15) is 0 Å². The van der Waals surface area contributed by atoms with E-state index in [1.54, 1.807) is 9.80 Å². The van der Waals surface area contributed by atoms with Crippen LogP contribution in [0.15, 0.2) is 24.3 Å². The lowest BCUT2D eigenvalue weighted by atomic mass is 9.77. The molecule has 0 aromatic carbocycles. The second-order valence-electron chi connectivity index (χ2n) is 8.73. The molecule has 4 heterocycles. The number of amides is 2. The molecule has 0 aliphatic carbocycles. The highest BCUT2D eigenvalue weighted by atomic mass is 16.6. The third-order valence-corrected chi connectivity index (χ3v) is 6.79. The molecule has 0 aromatic rings. The van der Waals surface area contributed by atoms with E-state index >= 15 is 0 Å². The minimum Gasteiger partial charge on any atom is -0.465 e. The van der Waals surface area contributed by atoms with Crippen LogP contribution in [0.5, 0.6) is 0 Å². The van der Waals surface area contributed by atoms with Gasteiger partial charge < -0.3 is 24.4 Å². The van der Waals surface area contributed by atoms with E-state index in [-0.39, 0.29) is 25.0 Å². The molecule has 170 valence electrons. The summed E-state index contributed by atoms with van der Waals surface area (Å²) in [4.78, 5) is 43.6. The third-order valence-electron chi connectivity index (χ3n) is 6.79. The summed E-state index contributed by atoms with van der Waals surface area (Å²) >= 11 is 0. The van der Waals surface area contributed by atoms with E-state index in [2.05, 4.69) is 6.92 Å². The van der Waals surface area contributed by atoms with Crippen molar-refractivity contribution in [3.05, 3.63) is 24.3 Å². The zero-order chi connectivity index (χ0) is 22.0. The van der Waals surface area contributed by atoms with E-state index in [9.17, 15) is 19.5 Å². The minimum atomic E-state index is -1.18. The molecule has 5 atom stereocenters. The van der Waals surface area contributed by atoms with Crippen molar-refractivity contribution in [2.45, 2.75) is 56.8 Å². The first kappa shape index (κ1) is 22.0. The maximum atomic E-state index is 13.7. The second-order valence-corrected chi connectivity index (χ2v) is 8.73. The van der Waals surface area contributed by atoms with Crippen molar-refractivity contribution < 1.29 is 29.0 Å². The van der Waals surface area contributed by atoms with Crippen LogP contribution in [0.3, 0.4) is 0 Å². The van der Waals surface area contributed by atoms with Gasteiger partial charge in [-0.1, -0.05) is 37.6 Å². The number of carbonyl (C=O) groups is 3. The molecule has 31 heavy (non-hydrogen) atoms. The van der Waals surface area contributed by atoms with Crippen molar-refractivity contribution >= 4 is 17.8 Å². The normalized spacial score (nSPS) is 34.7. The Kier molecular flexibility index (Phi) is 6.48. The first-order valence-electron chi connectivity index (χ1n) is 11.4. The van der Waals surface area contributed by atoms with Gasteiger partial charge in [0.2, 0.25) is 11.8 Å². The van der Waals surface area contributed by atoms with Crippen LogP contribution < -0.4 is 0 Å². The van der Waals surface area contributed by atoms with Gasteiger partial charge in [0.25, 0.3) is 0 Å². The molecule has 0 bridgehead atoms. The largest absolute Gasteiger partial charge is 0.465 e. The molecular formula is C23H32N2O6. The molecule has 4 aliphatic heterocycles. The average molecular weight is 433 g/mol. The number of ether oxygens (including phenoxy) is 2. The van der Waals surface area contributed by atoms with E-state index in [0.29, 0.717) is 38.9 Å². The van der Waals surface area contributed by atoms with Crippen molar-refractivity contribution in [2.75, 3.05) is 32.8 Å². The van der Waals surface area contributed by atoms with Gasteiger partial charge >= 0.3 is 5.97 Å². The quantitative estimate of drug-likeness (QED) is 0.367. The van der Waals surface area contributed by atoms with E-state index in [0.717, 1.165) is 12.8 Å². The molecule has 1 N–H and O–H groups in total. The van der Waals surface area contributed by atoms with Gasteiger partial charge in [0.15, 0.2) is 0 Å². The molecule has 2 saturated heterocycles. The van der Waals surface area contributed by atoms with Gasteiger partial charge in [0, 0.05) is 26.2 Å². The number of esters is 1. The lowest BCUT2D eigenvalue weighted by molar-refractivity contribution is -0.155. The second kappa shape index (κ2) is 9.12. The maximum absolute atomic E-state index is 13.7. The molecule has 1 spiro atoms. The molecule has 4 rings (SSSR count). The van der Waals surface area contributed by atoms with Gasteiger partial charge in [-0.25, -0.2) is 0 Å². The summed E-state index contributed by atoms with van der Waals surface area (Å²) < 4.78 is 11.9. The number of nitrogens with zero attached hydrogens (tertiary/aromatic N) is 2. The fourth-order valence-corrected chi connectivity index (χ4v) is 5.34. The molecule has 4 aliphatic rings. The fourth-order valence-electron chi connectivity index (χ4n) is 5.34. The Labute approximate surface area is 182 Å². The summed E-state index contributed by atoms with van der Waals surface area (Å²) in [6, 6.07) is -0.811. The summed E-state index contributed by atoms with van der Waals surface area (Å²) in [6.07, 6.45) is 10.5. The van der Waals surface area contributed by atoms with Crippen LogP contribution in [-0.4, -0.2) is 83.3 Å². The van der Waals surface area contributed by atoms with Crippen LogP contribution in [0.2, 0.25) is 0 Å². The summed E-state index contributed by atoms with van der Waals surface area (Å²) in [5.74, 6) is -2.37. The highest BCUT2D eigenvalue weighted by molar-refractivity contribution is 5.99. The summed E-state index contributed by atoms with van der Waals surface area (Å²) in [7, 11) is 0. The molecule has 0 radical (unpaired) electrons. The molecular weight excluding hydrogens is 400 g/mol. The van der Waals surface area contributed by atoms with Crippen LogP contribution >= 0.6 is 0 Å². The minimum absolute atomic E-state index is 0.0239. The number of carbonyl (C=O) groups excluding carboxylic acids is 3. The Balaban J connectivity index is 1.75. The molecule has 8 heteroatoms. The predicted octanol–water partition coefficient (Wildman–Crippen LogP) is 1.04. The lowest BCUT2D eigenvalue weighted by Gasteiger charge is -2.35. The molecule has 8 nitrogen and oxygen atoms in total. The Morgan fingerprint density at radius 2 is 1.97 bits per heavy atom.